The molecule has 3 heteroatoms. The largest absolute Gasteiger partial charge is 0.326 e. The topological polar surface area (TPSA) is 6.48 Å². The Labute approximate surface area is 144 Å². The zero-order valence-electron chi connectivity index (χ0n) is 15.1. The normalized spacial score (nSPS) is 28.8. The summed E-state index contributed by atoms with van der Waals surface area (Å²) in [6, 6.07) is 3.46. The highest BCUT2D eigenvalue weighted by molar-refractivity contribution is 6.29. The standard InChI is InChI=1S/C20H36BN2/c1-2-10-17(9-1)22(18-11-3-4-12-18)21-23(19-13-5-6-14-19)20-15-7-8-16-20/h17-20H,1-16H2. The predicted molar refractivity (Wildman–Crippen MR) is 98.5 cm³/mol. The smallest absolute Gasteiger partial charge is 0.314 e. The molecule has 0 spiro atoms. The van der Waals surface area contributed by atoms with Crippen LogP contribution in [0.5, 0.6) is 0 Å². The molecule has 4 aliphatic rings. The zero-order valence-corrected chi connectivity index (χ0v) is 15.1. The van der Waals surface area contributed by atoms with Gasteiger partial charge in [-0.05, 0) is 75.5 Å². The quantitative estimate of drug-likeness (QED) is 0.644. The lowest BCUT2D eigenvalue weighted by atomic mass is 9.89. The molecule has 0 aromatic rings. The minimum absolute atomic E-state index is 0.864. The fourth-order valence-corrected chi connectivity index (χ4v) is 5.94. The molecular weight excluding hydrogens is 279 g/mol. The van der Waals surface area contributed by atoms with E-state index in [1.54, 1.807) is 0 Å². The number of hydrogen-bond acceptors (Lipinski definition) is 2. The number of nitrogens with zero attached hydrogens (tertiary/aromatic N) is 2. The molecule has 0 aromatic heterocycles. The Hall–Kier alpha value is -0.0151. The van der Waals surface area contributed by atoms with Gasteiger partial charge in [0, 0.05) is 0 Å². The summed E-state index contributed by atoms with van der Waals surface area (Å²) < 4.78 is 0. The molecule has 0 atom stereocenters. The maximum absolute atomic E-state index is 2.90. The van der Waals surface area contributed by atoms with E-state index in [1.807, 2.05) is 0 Å². The van der Waals surface area contributed by atoms with Crippen molar-refractivity contribution in [3.05, 3.63) is 0 Å². The maximum atomic E-state index is 2.90. The number of rotatable bonds is 6. The molecule has 0 aliphatic heterocycles. The van der Waals surface area contributed by atoms with E-state index in [9.17, 15) is 0 Å². The molecule has 4 aliphatic carbocycles. The third-order valence-corrected chi connectivity index (χ3v) is 7.25. The average Bonchev–Trinajstić information content (AvgIpc) is 3.35. The SMILES string of the molecule is [B](N(C1CCCC1)C1CCCC1)N(C1CCCC1)C1CCCC1. The molecular formula is C20H36BN2. The minimum Gasteiger partial charge on any atom is -0.326 e. The summed E-state index contributed by atoms with van der Waals surface area (Å²) in [4.78, 5) is 5.80. The van der Waals surface area contributed by atoms with E-state index in [1.165, 1.54) is 103 Å². The van der Waals surface area contributed by atoms with E-state index in [0.29, 0.717) is 0 Å². The molecule has 129 valence electrons. The summed E-state index contributed by atoms with van der Waals surface area (Å²) in [5.74, 6) is 0. The van der Waals surface area contributed by atoms with Gasteiger partial charge in [-0.2, -0.15) is 0 Å². The Morgan fingerprint density at radius 1 is 0.391 bits per heavy atom. The molecule has 0 saturated heterocycles. The Morgan fingerprint density at radius 2 is 0.609 bits per heavy atom. The Morgan fingerprint density at radius 3 is 0.826 bits per heavy atom. The fraction of sp³-hybridized carbons (Fsp3) is 1.00. The molecule has 23 heavy (non-hydrogen) atoms. The Bertz CT molecular complexity index is 285. The second-order valence-electron chi connectivity index (χ2n) is 8.76. The second kappa shape index (κ2) is 7.91. The van der Waals surface area contributed by atoms with Crippen LogP contribution < -0.4 is 0 Å². The molecule has 0 amide bonds. The van der Waals surface area contributed by atoms with Gasteiger partial charge in [-0.3, -0.25) is 0 Å². The summed E-state index contributed by atoms with van der Waals surface area (Å²) in [6.45, 7) is 0. The molecule has 0 N–H and O–H groups in total. The van der Waals surface area contributed by atoms with Crippen LogP contribution in [0, 0.1) is 0 Å². The summed E-state index contributed by atoms with van der Waals surface area (Å²) in [6.07, 6.45) is 23.4. The van der Waals surface area contributed by atoms with Gasteiger partial charge in [-0.15, -0.1) is 0 Å². The molecule has 4 fully saturated rings. The fourth-order valence-electron chi connectivity index (χ4n) is 5.94. The van der Waals surface area contributed by atoms with Gasteiger partial charge in [0.2, 0.25) is 0 Å². The first-order valence-corrected chi connectivity index (χ1v) is 10.8. The zero-order chi connectivity index (χ0) is 15.5. The first kappa shape index (κ1) is 16.5. The van der Waals surface area contributed by atoms with E-state index in [-0.39, 0.29) is 0 Å². The molecule has 2 nitrogen and oxygen atoms in total. The van der Waals surface area contributed by atoms with Crippen LogP contribution in [0.25, 0.3) is 0 Å². The molecule has 0 unspecified atom stereocenters. The molecule has 4 rings (SSSR count). The highest BCUT2D eigenvalue weighted by atomic mass is 15.3. The van der Waals surface area contributed by atoms with Crippen LogP contribution in [0.15, 0.2) is 0 Å². The van der Waals surface area contributed by atoms with Gasteiger partial charge in [-0.25, -0.2) is 0 Å². The summed E-state index contributed by atoms with van der Waals surface area (Å²) in [7, 11) is 2.71. The third-order valence-electron chi connectivity index (χ3n) is 7.25. The second-order valence-corrected chi connectivity index (χ2v) is 8.76. The van der Waals surface area contributed by atoms with E-state index in [0.717, 1.165) is 24.2 Å². The van der Waals surface area contributed by atoms with Crippen molar-refractivity contribution in [2.24, 2.45) is 0 Å². The van der Waals surface area contributed by atoms with Gasteiger partial charge in [0.25, 0.3) is 0 Å². The van der Waals surface area contributed by atoms with Gasteiger partial charge in [0.15, 0.2) is 0 Å². The van der Waals surface area contributed by atoms with Gasteiger partial charge in [0.1, 0.15) is 0 Å². The van der Waals surface area contributed by atoms with E-state index in [4.69, 9.17) is 0 Å². The first-order chi connectivity index (χ1) is 11.4. The van der Waals surface area contributed by atoms with Crippen LogP contribution in [-0.2, 0) is 0 Å². The van der Waals surface area contributed by atoms with Crippen molar-refractivity contribution in [3.63, 3.8) is 0 Å². The van der Waals surface area contributed by atoms with Crippen LogP contribution >= 0.6 is 0 Å². The molecule has 0 aromatic carbocycles. The van der Waals surface area contributed by atoms with Crippen LogP contribution in [0.4, 0.5) is 0 Å². The summed E-state index contributed by atoms with van der Waals surface area (Å²) in [5.41, 5.74) is 0. The van der Waals surface area contributed by atoms with Crippen molar-refractivity contribution in [1.82, 2.24) is 9.62 Å². The highest BCUT2D eigenvalue weighted by Gasteiger charge is 2.37. The van der Waals surface area contributed by atoms with Crippen LogP contribution in [-0.4, -0.2) is 41.3 Å². The van der Waals surface area contributed by atoms with Crippen LogP contribution in [0.3, 0.4) is 0 Å². The third kappa shape index (κ3) is 3.81. The lowest BCUT2D eigenvalue weighted by molar-refractivity contribution is 0.190. The van der Waals surface area contributed by atoms with E-state index < -0.39 is 0 Å². The lowest BCUT2D eigenvalue weighted by Crippen LogP contribution is -2.55. The number of hydrogen-bond donors (Lipinski definition) is 0. The van der Waals surface area contributed by atoms with Crippen LogP contribution in [0.1, 0.15) is 103 Å². The molecule has 0 bridgehead atoms. The van der Waals surface area contributed by atoms with Crippen molar-refractivity contribution in [2.45, 2.75) is 127 Å². The van der Waals surface area contributed by atoms with Crippen LogP contribution in [0.2, 0.25) is 0 Å². The van der Waals surface area contributed by atoms with E-state index in [2.05, 4.69) is 17.2 Å². The average molecular weight is 315 g/mol. The highest BCUT2D eigenvalue weighted by Crippen LogP contribution is 2.35. The van der Waals surface area contributed by atoms with Gasteiger partial charge in [0.05, 0.1) is 0 Å². The van der Waals surface area contributed by atoms with Gasteiger partial charge < -0.3 is 9.62 Å². The van der Waals surface area contributed by atoms with Crippen molar-refractivity contribution in [1.29, 1.82) is 0 Å². The Balaban J connectivity index is 1.48. The monoisotopic (exact) mass is 315 g/mol. The first-order valence-electron chi connectivity index (χ1n) is 10.8. The lowest BCUT2D eigenvalue weighted by Gasteiger charge is -2.42. The summed E-state index contributed by atoms with van der Waals surface area (Å²) in [5, 5.41) is 0. The van der Waals surface area contributed by atoms with Crippen molar-refractivity contribution in [3.8, 4) is 0 Å². The predicted octanol–water partition coefficient (Wildman–Crippen LogP) is 4.90. The Kier molecular flexibility index (Phi) is 5.66. The minimum atomic E-state index is 0.864. The molecule has 1 radical (unpaired) electrons. The van der Waals surface area contributed by atoms with Crippen molar-refractivity contribution >= 4 is 7.55 Å². The maximum Gasteiger partial charge on any atom is 0.314 e. The summed E-state index contributed by atoms with van der Waals surface area (Å²) >= 11 is 0. The van der Waals surface area contributed by atoms with Gasteiger partial charge >= 0.3 is 7.55 Å². The van der Waals surface area contributed by atoms with Crippen molar-refractivity contribution < 1.29 is 0 Å². The van der Waals surface area contributed by atoms with Crippen molar-refractivity contribution in [2.75, 3.05) is 0 Å². The molecule has 0 heterocycles. The van der Waals surface area contributed by atoms with Gasteiger partial charge in [-0.1, -0.05) is 51.4 Å². The van der Waals surface area contributed by atoms with E-state index >= 15 is 0 Å². The molecule has 4 saturated carbocycles.